The molecular formula is C20H29N5O2. The van der Waals surface area contributed by atoms with Gasteiger partial charge in [0.1, 0.15) is 11.6 Å². The number of fused-ring (bicyclic) bond motifs is 1. The fourth-order valence-electron chi connectivity index (χ4n) is 4.11. The molecule has 27 heavy (non-hydrogen) atoms. The topological polar surface area (TPSA) is 64.4 Å². The van der Waals surface area contributed by atoms with E-state index in [0.717, 1.165) is 69.4 Å². The molecule has 0 atom stereocenters. The summed E-state index contributed by atoms with van der Waals surface area (Å²) in [6.45, 7) is 8.59. The minimum atomic E-state index is 0.524. The third-order valence-electron chi connectivity index (χ3n) is 5.54. The molecule has 1 saturated heterocycles. The van der Waals surface area contributed by atoms with E-state index in [4.69, 9.17) is 9.47 Å². The van der Waals surface area contributed by atoms with Gasteiger partial charge in [0, 0.05) is 25.6 Å². The summed E-state index contributed by atoms with van der Waals surface area (Å²) in [6, 6.07) is 6.25. The summed E-state index contributed by atoms with van der Waals surface area (Å²) in [5, 5.41) is 12.2. The summed E-state index contributed by atoms with van der Waals surface area (Å²) in [5.74, 6) is 4.42. The number of methoxy groups -OCH3 is 1. The van der Waals surface area contributed by atoms with Gasteiger partial charge in [-0.1, -0.05) is 6.07 Å². The van der Waals surface area contributed by atoms with Crippen LogP contribution in [0.4, 0.5) is 0 Å². The Kier molecular flexibility index (Phi) is 5.59. The van der Waals surface area contributed by atoms with E-state index in [1.165, 1.54) is 11.4 Å². The van der Waals surface area contributed by atoms with Crippen molar-refractivity contribution in [3.8, 4) is 11.5 Å². The van der Waals surface area contributed by atoms with Gasteiger partial charge < -0.3 is 19.4 Å². The minimum Gasteiger partial charge on any atom is -0.493 e. The van der Waals surface area contributed by atoms with Gasteiger partial charge in [-0.15, -0.1) is 10.2 Å². The Labute approximate surface area is 160 Å². The summed E-state index contributed by atoms with van der Waals surface area (Å²) < 4.78 is 13.4. The van der Waals surface area contributed by atoms with E-state index in [2.05, 4.69) is 37.1 Å². The molecule has 0 unspecified atom stereocenters. The van der Waals surface area contributed by atoms with Crippen LogP contribution in [0.15, 0.2) is 18.2 Å². The first kappa shape index (κ1) is 18.3. The summed E-state index contributed by atoms with van der Waals surface area (Å²) in [4.78, 5) is 2.52. The monoisotopic (exact) mass is 371 g/mol. The maximum atomic E-state index is 5.71. The Hall–Kier alpha value is -2.12. The van der Waals surface area contributed by atoms with Crippen LogP contribution in [0.5, 0.6) is 11.5 Å². The molecule has 0 saturated carbocycles. The molecule has 2 aliphatic heterocycles. The van der Waals surface area contributed by atoms with Crippen LogP contribution in [-0.4, -0.2) is 53.0 Å². The van der Waals surface area contributed by atoms with E-state index in [1.807, 2.05) is 13.0 Å². The number of rotatable bonds is 6. The van der Waals surface area contributed by atoms with E-state index in [-0.39, 0.29) is 0 Å². The molecule has 1 aromatic carbocycles. The maximum absolute atomic E-state index is 5.71. The molecule has 1 aromatic heterocycles. The highest BCUT2D eigenvalue weighted by Gasteiger charge is 2.27. The molecule has 1 fully saturated rings. The van der Waals surface area contributed by atoms with Crippen molar-refractivity contribution in [2.75, 3.05) is 33.4 Å². The van der Waals surface area contributed by atoms with Gasteiger partial charge in [-0.05, 0) is 50.6 Å². The van der Waals surface area contributed by atoms with Crippen LogP contribution in [-0.2, 0) is 19.6 Å². The molecule has 1 N–H and O–H groups in total. The Morgan fingerprint density at radius 3 is 2.78 bits per heavy atom. The van der Waals surface area contributed by atoms with E-state index >= 15 is 0 Å². The maximum Gasteiger partial charge on any atom is 0.161 e. The second-order valence-electron chi connectivity index (χ2n) is 7.27. The molecular weight excluding hydrogens is 342 g/mol. The molecule has 0 spiro atoms. The number of nitrogens with zero attached hydrogens (tertiary/aromatic N) is 4. The van der Waals surface area contributed by atoms with Crippen LogP contribution in [0.25, 0.3) is 0 Å². The Morgan fingerprint density at radius 2 is 2.00 bits per heavy atom. The van der Waals surface area contributed by atoms with Crippen LogP contribution < -0.4 is 14.8 Å². The lowest BCUT2D eigenvalue weighted by Gasteiger charge is -2.32. The molecule has 2 aliphatic rings. The lowest BCUT2D eigenvalue weighted by atomic mass is 9.95. The quantitative estimate of drug-likeness (QED) is 0.840. The van der Waals surface area contributed by atoms with Crippen molar-refractivity contribution in [1.29, 1.82) is 0 Å². The third-order valence-corrected chi connectivity index (χ3v) is 5.54. The molecule has 7 nitrogen and oxygen atoms in total. The third kappa shape index (κ3) is 3.94. The van der Waals surface area contributed by atoms with Crippen LogP contribution in [0.1, 0.15) is 42.9 Å². The largest absolute Gasteiger partial charge is 0.493 e. The summed E-state index contributed by atoms with van der Waals surface area (Å²) >= 11 is 0. The second kappa shape index (κ2) is 8.27. The van der Waals surface area contributed by atoms with E-state index in [9.17, 15) is 0 Å². The second-order valence-corrected chi connectivity index (χ2v) is 7.27. The van der Waals surface area contributed by atoms with Crippen molar-refractivity contribution < 1.29 is 9.47 Å². The number of nitrogens with one attached hydrogen (secondary N) is 1. The molecule has 7 heteroatoms. The zero-order valence-electron chi connectivity index (χ0n) is 16.3. The number of likely N-dealkylation sites (tertiary alicyclic amines) is 1. The Morgan fingerprint density at radius 1 is 1.15 bits per heavy atom. The molecule has 0 bridgehead atoms. The number of piperidine rings is 1. The number of hydrogen-bond donors (Lipinski definition) is 1. The first-order valence-electron chi connectivity index (χ1n) is 9.93. The van der Waals surface area contributed by atoms with Gasteiger partial charge in [-0.25, -0.2) is 0 Å². The van der Waals surface area contributed by atoms with Gasteiger partial charge in [-0.3, -0.25) is 4.90 Å². The van der Waals surface area contributed by atoms with Crippen LogP contribution in [0, 0.1) is 0 Å². The minimum absolute atomic E-state index is 0.524. The highest BCUT2D eigenvalue weighted by molar-refractivity contribution is 5.43. The summed E-state index contributed by atoms with van der Waals surface area (Å²) in [5.41, 5.74) is 1.27. The number of ether oxygens (including phenoxy) is 2. The normalized spacial score (nSPS) is 18.3. The van der Waals surface area contributed by atoms with Crippen LogP contribution in [0.2, 0.25) is 0 Å². The van der Waals surface area contributed by atoms with Crippen molar-refractivity contribution in [2.45, 2.75) is 45.3 Å². The predicted molar refractivity (Wildman–Crippen MR) is 103 cm³/mol. The van der Waals surface area contributed by atoms with Crippen LogP contribution in [0.3, 0.4) is 0 Å². The smallest absolute Gasteiger partial charge is 0.161 e. The van der Waals surface area contributed by atoms with Gasteiger partial charge in [-0.2, -0.15) is 0 Å². The van der Waals surface area contributed by atoms with E-state index < -0.39 is 0 Å². The Bertz CT molecular complexity index is 768. The van der Waals surface area contributed by atoms with Crippen LogP contribution >= 0.6 is 0 Å². The fraction of sp³-hybridized carbons (Fsp3) is 0.600. The van der Waals surface area contributed by atoms with Crippen molar-refractivity contribution >= 4 is 0 Å². The molecule has 4 rings (SSSR count). The SMILES string of the molecule is CCOc1cc(CN2CCC(c3nnc4n3CCNC4)CC2)ccc1OC. The summed E-state index contributed by atoms with van der Waals surface area (Å²) in [7, 11) is 1.68. The van der Waals surface area contributed by atoms with Gasteiger partial charge >= 0.3 is 0 Å². The molecule has 146 valence electrons. The highest BCUT2D eigenvalue weighted by atomic mass is 16.5. The van der Waals surface area contributed by atoms with Gasteiger partial charge in [0.05, 0.1) is 20.3 Å². The molecule has 0 aliphatic carbocycles. The molecule has 2 aromatic rings. The van der Waals surface area contributed by atoms with Crippen molar-refractivity contribution in [3.63, 3.8) is 0 Å². The van der Waals surface area contributed by atoms with Gasteiger partial charge in [0.25, 0.3) is 0 Å². The zero-order valence-corrected chi connectivity index (χ0v) is 16.3. The number of benzene rings is 1. The summed E-state index contributed by atoms with van der Waals surface area (Å²) in [6.07, 6.45) is 2.28. The molecule has 3 heterocycles. The van der Waals surface area contributed by atoms with Crippen molar-refractivity contribution in [2.24, 2.45) is 0 Å². The Balaban J connectivity index is 1.37. The van der Waals surface area contributed by atoms with E-state index in [1.54, 1.807) is 7.11 Å². The zero-order chi connectivity index (χ0) is 18.6. The van der Waals surface area contributed by atoms with Crippen molar-refractivity contribution in [3.05, 3.63) is 35.4 Å². The standard InChI is InChI=1S/C20H29N5O2/c1-3-27-18-12-15(4-5-17(18)26-2)14-24-9-6-16(7-10-24)20-23-22-19-13-21-8-11-25(19)20/h4-5,12,16,21H,3,6-11,13-14H2,1-2H3. The molecule has 0 radical (unpaired) electrons. The lowest BCUT2D eigenvalue weighted by molar-refractivity contribution is 0.199. The van der Waals surface area contributed by atoms with Gasteiger partial charge in [0.15, 0.2) is 11.5 Å². The lowest BCUT2D eigenvalue weighted by Crippen LogP contribution is -2.34. The highest BCUT2D eigenvalue weighted by Crippen LogP contribution is 2.31. The first-order chi connectivity index (χ1) is 13.3. The fourth-order valence-corrected chi connectivity index (χ4v) is 4.11. The average molecular weight is 371 g/mol. The first-order valence-corrected chi connectivity index (χ1v) is 9.93. The molecule has 0 amide bonds. The van der Waals surface area contributed by atoms with Crippen molar-refractivity contribution in [1.82, 2.24) is 25.0 Å². The number of hydrogen-bond acceptors (Lipinski definition) is 6. The predicted octanol–water partition coefficient (Wildman–Crippen LogP) is 2.17. The number of aromatic nitrogens is 3. The van der Waals surface area contributed by atoms with E-state index in [0.29, 0.717) is 12.5 Å². The average Bonchev–Trinajstić information content (AvgIpc) is 3.13. The van der Waals surface area contributed by atoms with Gasteiger partial charge in [0.2, 0.25) is 0 Å².